The number of esters is 1. The van der Waals surface area contributed by atoms with Crippen LogP contribution in [0.5, 0.6) is 0 Å². The summed E-state index contributed by atoms with van der Waals surface area (Å²) in [4.78, 5) is 44.1. The molecular weight excluding hydrogens is 1410 g/mol. The van der Waals surface area contributed by atoms with Crippen LogP contribution in [0.25, 0.3) is 0 Å². The average molecular weight is 1530 g/mol. The Balaban J connectivity index is 0.848. The van der Waals surface area contributed by atoms with Crippen LogP contribution in [0.2, 0.25) is 0 Å². The molecule has 5 aliphatic carbocycles. The Kier molecular flexibility index (Phi) is 27.4. The molecule has 10 fully saturated rings. The zero-order chi connectivity index (χ0) is 77.8. The molecule has 11 aliphatic rings. The van der Waals surface area contributed by atoms with Crippen molar-refractivity contribution in [1.82, 2.24) is 5.32 Å². The quantitative estimate of drug-likeness (QED) is 0.0161. The molecule has 6 heterocycles. The number of rotatable bonds is 26. The maximum Gasteiger partial charge on any atom is 0.317 e. The fraction of sp³-hybridized carbons (Fsp3) is 0.920. The van der Waals surface area contributed by atoms with E-state index in [9.17, 15) is 91.3 Å². The molecule has 0 bridgehead atoms. The van der Waals surface area contributed by atoms with E-state index in [0.29, 0.717) is 44.9 Å². The lowest BCUT2D eigenvalue weighted by molar-refractivity contribution is -0.377. The van der Waals surface area contributed by atoms with Crippen molar-refractivity contribution in [2.45, 2.75) is 355 Å². The second kappa shape index (κ2) is 34.4. The van der Waals surface area contributed by atoms with Crippen molar-refractivity contribution in [2.24, 2.45) is 50.2 Å². The molecular formula is C75H122NO31. The van der Waals surface area contributed by atoms with E-state index in [0.717, 1.165) is 57.0 Å². The molecule has 107 heavy (non-hydrogen) atoms. The molecule has 1 amide bonds. The van der Waals surface area contributed by atoms with Crippen LogP contribution in [0.1, 0.15) is 177 Å². The molecule has 613 valence electrons. The van der Waals surface area contributed by atoms with Gasteiger partial charge in [0.15, 0.2) is 37.6 Å². The van der Waals surface area contributed by atoms with Gasteiger partial charge in [0, 0.05) is 6.42 Å². The average Bonchev–Trinajstić information content (AvgIpc) is 0.672. The Bertz CT molecular complexity index is 2990. The number of aliphatic hydroxyl groups excluding tert-OH is 16. The van der Waals surface area contributed by atoms with Gasteiger partial charge in [-0.2, -0.15) is 0 Å². The molecule has 13 unspecified atom stereocenters. The highest BCUT2D eigenvalue weighted by Crippen LogP contribution is 2.76. The van der Waals surface area contributed by atoms with Crippen molar-refractivity contribution in [1.29, 1.82) is 0 Å². The van der Waals surface area contributed by atoms with Gasteiger partial charge in [0.2, 0.25) is 12.2 Å². The first-order valence-electron chi connectivity index (χ1n) is 39.0. The minimum atomic E-state index is -2.00. The lowest BCUT2D eigenvalue weighted by atomic mass is 9.33. The second-order valence-corrected chi connectivity index (χ2v) is 34.3. The first-order chi connectivity index (χ1) is 50.6. The molecule has 0 aromatic carbocycles. The molecule has 17 N–H and O–H groups in total. The summed E-state index contributed by atoms with van der Waals surface area (Å²) in [7, 11) is 0. The third kappa shape index (κ3) is 16.3. The third-order valence-corrected chi connectivity index (χ3v) is 27.2. The van der Waals surface area contributed by atoms with Gasteiger partial charge in [-0.05, 0) is 111 Å². The smallest absolute Gasteiger partial charge is 0.317 e. The van der Waals surface area contributed by atoms with Gasteiger partial charge >= 0.3 is 5.97 Å². The molecule has 6 saturated heterocycles. The highest BCUT2D eigenvalue weighted by molar-refractivity contribution is 5.80. The lowest BCUT2D eigenvalue weighted by Crippen LogP contribution is -2.70. The zero-order valence-electron chi connectivity index (χ0n) is 62.7. The van der Waals surface area contributed by atoms with Crippen molar-refractivity contribution in [3.05, 3.63) is 18.3 Å². The standard InChI is InChI=1S/C75H122NO31/c1-9-10-11-12-13-14-15-16-17-18-47(84)76-48-41(29-77)100-68(61(52(48)88)105-65-58(94)54(90)59(35(2)99-65)103-63-55(91)49(85)38(80)31-96-63)107-69(95)75-26-25-70(3,4)27-37(75)36-19-20-44-71(5)23-22-46(72(6,34-79)43(71)21-24-73(44,7)74(36,8)28-45(75)83)102-67-62(106-66-57(93)53(89)51(87)42(30-78)101-66)60(40(82)33-98-67)104-64-56(92)50(86)39(81)32-97-64/h19,33-35,37-46,48-68,77-78,80-83,85-94H,9-18,20-32H2,1-8H3,(H,76,84)/t35?,37?,38-,39+,40+,41?,42?,43-,44?,45?,46+,48-,49?,50+,51+,52?,53+,54?,55-,56?,57?,58+,59-,60+,61-,62?,63-,64+,65-,66+,67+,68-,71?,72-,73+,74-,75-/m1/s1. The highest BCUT2D eigenvalue weighted by Gasteiger charge is 2.73. The van der Waals surface area contributed by atoms with Crippen LogP contribution >= 0.6 is 0 Å². The van der Waals surface area contributed by atoms with E-state index in [1.807, 2.05) is 0 Å². The van der Waals surface area contributed by atoms with Gasteiger partial charge in [-0.3, -0.25) is 9.59 Å². The van der Waals surface area contributed by atoms with E-state index in [4.69, 9.17) is 56.8 Å². The number of amides is 1. The number of carbonyl (C=O) groups is 3. The Hall–Kier alpha value is -2.73. The van der Waals surface area contributed by atoms with Gasteiger partial charge in [0.05, 0.1) is 56.2 Å². The maximum absolute atomic E-state index is 16.1. The molecule has 0 aromatic rings. The number of nitrogens with one attached hydrogen (secondary N) is 1. The van der Waals surface area contributed by atoms with E-state index < -0.39 is 249 Å². The highest BCUT2D eigenvalue weighted by atomic mass is 16.8. The van der Waals surface area contributed by atoms with Crippen LogP contribution in [0.3, 0.4) is 0 Å². The minimum Gasteiger partial charge on any atom is -0.432 e. The summed E-state index contributed by atoms with van der Waals surface area (Å²) < 4.78 is 73.4. The number of ether oxygens (including phenoxy) is 12. The number of fused-ring (bicyclic) bond motifs is 7. The first-order valence-corrected chi connectivity index (χ1v) is 39.0. The summed E-state index contributed by atoms with van der Waals surface area (Å²) in [5.41, 5.74) is -4.44. The molecule has 11 rings (SSSR count). The van der Waals surface area contributed by atoms with E-state index >= 15 is 4.79 Å². The van der Waals surface area contributed by atoms with Crippen molar-refractivity contribution in [2.75, 3.05) is 26.4 Å². The van der Waals surface area contributed by atoms with Crippen molar-refractivity contribution in [3.8, 4) is 0 Å². The largest absolute Gasteiger partial charge is 0.432 e. The molecule has 4 saturated carbocycles. The minimum absolute atomic E-state index is 0.0674. The summed E-state index contributed by atoms with van der Waals surface area (Å²) >= 11 is 0. The van der Waals surface area contributed by atoms with Crippen molar-refractivity contribution < 1.29 is 153 Å². The predicted octanol–water partition coefficient (Wildman–Crippen LogP) is -1.09. The summed E-state index contributed by atoms with van der Waals surface area (Å²) in [5, 5.41) is 181. The molecule has 1 radical (unpaired) electrons. The number of carbonyl (C=O) groups excluding carboxylic acids is 3. The second-order valence-electron chi connectivity index (χ2n) is 34.3. The van der Waals surface area contributed by atoms with Crippen molar-refractivity contribution >= 4 is 18.2 Å². The van der Waals surface area contributed by atoms with Crippen LogP contribution in [0, 0.1) is 56.9 Å². The van der Waals surface area contributed by atoms with Gasteiger partial charge in [-0.25, -0.2) is 0 Å². The Morgan fingerprint density at radius 1 is 0.561 bits per heavy atom. The third-order valence-electron chi connectivity index (χ3n) is 27.2. The van der Waals surface area contributed by atoms with E-state index in [1.54, 1.807) is 6.92 Å². The Morgan fingerprint density at radius 2 is 1.13 bits per heavy atom. The normalized spacial score (nSPS) is 49.9. The van der Waals surface area contributed by atoms with Crippen LogP contribution in [0.15, 0.2) is 11.6 Å². The van der Waals surface area contributed by atoms with E-state index in [2.05, 4.69) is 52.9 Å². The summed E-state index contributed by atoms with van der Waals surface area (Å²) in [6, 6.07) is -1.40. The number of hydrogen-bond acceptors (Lipinski definition) is 31. The van der Waals surface area contributed by atoms with Crippen LogP contribution in [0.4, 0.5) is 0 Å². The number of aldehydes is 1. The molecule has 6 aliphatic heterocycles. The SMILES string of the molecule is CCCCCCCCCCCC(=O)N[C@@H]1C(CO)O[C@H](OC(=O)[C@]23CCC(C)(C)CC2C2=CCC4C5(C)CC[C@H](O[C@@H]6O[CH][C@H](O)[C@H](O[C@@H]7OC[C@H](O)[C@H](O)C7O)C6O[C@@H]6OC(CO)[C@H](O)[C@H](O)C6O)[C@](C)(C=O)[C@@H]5CC[C@]4(C)[C@]2(C)CC3O)[C@H](O[C@H]2OC(C)[C@@H](O[C@H]3OC[C@@H](O)C(O)[C@H]3O)C(O)[C@@H]2O)C1O. The zero-order valence-corrected chi connectivity index (χ0v) is 62.7. The monoisotopic (exact) mass is 1530 g/mol. The number of aliphatic hydroxyl groups is 16. The number of unbranched alkanes of at least 4 members (excludes halogenated alkanes) is 8. The maximum atomic E-state index is 16.1. The molecule has 0 aromatic heterocycles. The Morgan fingerprint density at radius 3 is 1.76 bits per heavy atom. The molecule has 0 spiro atoms. The van der Waals surface area contributed by atoms with Crippen molar-refractivity contribution in [3.63, 3.8) is 0 Å². The topological polar surface area (TPSA) is 498 Å². The summed E-state index contributed by atoms with van der Waals surface area (Å²) in [6.07, 6.45) is -31.2. The fourth-order valence-corrected chi connectivity index (χ4v) is 20.5. The molecule has 37 atom stereocenters. The number of hydrogen-bond donors (Lipinski definition) is 17. The van der Waals surface area contributed by atoms with E-state index in [-0.39, 0.29) is 42.9 Å². The van der Waals surface area contributed by atoms with Crippen LogP contribution < -0.4 is 5.32 Å². The van der Waals surface area contributed by atoms with Gasteiger partial charge in [0.1, 0.15) is 128 Å². The lowest BCUT2D eigenvalue weighted by Gasteiger charge is -2.71. The fourth-order valence-electron chi connectivity index (χ4n) is 20.5. The van der Waals surface area contributed by atoms with Crippen LogP contribution in [-0.4, -0.2) is 304 Å². The van der Waals surface area contributed by atoms with Gasteiger partial charge in [-0.15, -0.1) is 0 Å². The first kappa shape index (κ1) is 85.2. The van der Waals surface area contributed by atoms with Gasteiger partial charge in [0.25, 0.3) is 0 Å². The molecule has 32 heteroatoms. The summed E-state index contributed by atoms with van der Waals surface area (Å²) in [6.45, 7) is 14.6. The predicted molar refractivity (Wildman–Crippen MR) is 368 cm³/mol. The summed E-state index contributed by atoms with van der Waals surface area (Å²) in [5.74, 6) is -2.58. The van der Waals surface area contributed by atoms with Crippen LogP contribution in [-0.2, 0) is 71.2 Å². The molecule has 32 nitrogen and oxygen atoms in total. The Labute approximate surface area is 624 Å². The number of allylic oxidation sites excluding steroid dienone is 2. The van der Waals surface area contributed by atoms with E-state index in [1.165, 1.54) is 19.8 Å². The van der Waals surface area contributed by atoms with Gasteiger partial charge in [-0.1, -0.05) is 111 Å². The van der Waals surface area contributed by atoms with Gasteiger partial charge < -0.3 is 149 Å².